The van der Waals surface area contributed by atoms with E-state index in [1.807, 2.05) is 0 Å². The van der Waals surface area contributed by atoms with Gasteiger partial charge in [-0.1, -0.05) is 327 Å². The number of ether oxygens (including phenoxy) is 1. The van der Waals surface area contributed by atoms with Crippen molar-refractivity contribution in [1.29, 1.82) is 0 Å². The Bertz CT molecular complexity index is 1120. The normalized spacial score (nSPS) is 12.7. The first-order valence-corrected chi connectivity index (χ1v) is 32.6. The monoisotopic (exact) mass is 1010 g/mol. The zero-order valence-electron chi connectivity index (χ0n) is 48.7. The summed E-state index contributed by atoms with van der Waals surface area (Å²) in [6.07, 6.45) is 76.4. The number of carbonyl (C=O) groups excluding carboxylic acids is 2. The van der Waals surface area contributed by atoms with Crippen LogP contribution in [-0.4, -0.2) is 47.4 Å². The largest absolute Gasteiger partial charge is 0.465 e. The zero-order valence-corrected chi connectivity index (χ0v) is 48.7. The molecule has 0 aliphatic heterocycles. The van der Waals surface area contributed by atoms with Crippen LogP contribution < -0.4 is 5.32 Å². The molecule has 0 aromatic rings. The Morgan fingerprint density at radius 3 is 1.06 bits per heavy atom. The Hall–Kier alpha value is -1.66. The maximum absolute atomic E-state index is 12.5. The van der Waals surface area contributed by atoms with Crippen LogP contribution >= 0.6 is 0 Å². The summed E-state index contributed by atoms with van der Waals surface area (Å²) in [6, 6.07) is -0.546. The van der Waals surface area contributed by atoms with E-state index in [2.05, 4.69) is 43.5 Å². The van der Waals surface area contributed by atoms with Crippen LogP contribution in [0.25, 0.3) is 0 Å². The van der Waals surface area contributed by atoms with Gasteiger partial charge in [0.2, 0.25) is 5.91 Å². The molecule has 0 spiro atoms. The Balaban J connectivity index is 3.44. The Kier molecular flexibility index (Phi) is 60.5. The van der Waals surface area contributed by atoms with Gasteiger partial charge < -0.3 is 20.3 Å². The highest BCUT2D eigenvalue weighted by Gasteiger charge is 2.20. The van der Waals surface area contributed by atoms with Crippen LogP contribution in [-0.2, 0) is 14.3 Å². The molecule has 6 heteroatoms. The van der Waals surface area contributed by atoms with Crippen LogP contribution in [0.15, 0.2) is 24.3 Å². The second-order valence-electron chi connectivity index (χ2n) is 22.5. The number of allylic oxidation sites excluding steroid dienone is 3. The number of nitrogens with one attached hydrogen (secondary N) is 1. The lowest BCUT2D eigenvalue weighted by Gasteiger charge is -2.22. The molecule has 426 valence electrons. The third-order valence-corrected chi connectivity index (χ3v) is 15.3. The molecule has 0 bridgehead atoms. The molecule has 0 aromatic heterocycles. The van der Waals surface area contributed by atoms with E-state index in [0.717, 1.165) is 51.4 Å². The van der Waals surface area contributed by atoms with E-state index in [-0.39, 0.29) is 18.5 Å². The number of carbonyl (C=O) groups is 2. The average molecular weight is 1010 g/mol. The molecule has 0 heterocycles. The van der Waals surface area contributed by atoms with Gasteiger partial charge in [0.05, 0.1) is 25.4 Å². The highest BCUT2D eigenvalue weighted by Crippen LogP contribution is 2.18. The average Bonchev–Trinajstić information content (AvgIpc) is 3.38. The first-order valence-electron chi connectivity index (χ1n) is 32.6. The number of hydrogen-bond acceptors (Lipinski definition) is 5. The SMILES string of the molecule is CCCCCCCCCCCCCCCCCCCCCCCCC(O)C(CO)NC(=O)CCCCCCCCCCCCCCCC/C=C\C/C=C\CCOC(=O)CCCCCCCCCCCCCC. The van der Waals surface area contributed by atoms with Crippen molar-refractivity contribution >= 4 is 11.9 Å². The fraction of sp³-hybridized carbons (Fsp3) is 0.909. The van der Waals surface area contributed by atoms with Gasteiger partial charge in [-0.3, -0.25) is 9.59 Å². The van der Waals surface area contributed by atoms with E-state index in [0.29, 0.717) is 25.9 Å². The molecule has 0 aliphatic carbocycles. The molecule has 1 amide bonds. The topological polar surface area (TPSA) is 95.9 Å². The molecule has 0 rings (SSSR count). The Morgan fingerprint density at radius 1 is 0.389 bits per heavy atom. The van der Waals surface area contributed by atoms with Crippen molar-refractivity contribution in [3.63, 3.8) is 0 Å². The lowest BCUT2D eigenvalue weighted by Crippen LogP contribution is -2.45. The van der Waals surface area contributed by atoms with Crippen LogP contribution in [0.3, 0.4) is 0 Å². The number of rotatable bonds is 61. The maximum atomic E-state index is 12.5. The molecule has 0 fully saturated rings. The summed E-state index contributed by atoms with van der Waals surface area (Å²) in [7, 11) is 0. The van der Waals surface area contributed by atoms with Crippen molar-refractivity contribution in [3.8, 4) is 0 Å². The molecule has 2 unspecified atom stereocenters. The number of aliphatic hydroxyl groups excluding tert-OH is 2. The van der Waals surface area contributed by atoms with Gasteiger partial charge in [0.1, 0.15) is 0 Å². The third kappa shape index (κ3) is 57.6. The molecule has 3 N–H and O–H groups in total. The van der Waals surface area contributed by atoms with Gasteiger partial charge in [-0.05, 0) is 44.9 Å². The van der Waals surface area contributed by atoms with Gasteiger partial charge in [0, 0.05) is 12.8 Å². The molecule has 0 saturated heterocycles. The maximum Gasteiger partial charge on any atom is 0.305 e. The molecule has 2 atom stereocenters. The van der Waals surface area contributed by atoms with Crippen LogP contribution in [0.5, 0.6) is 0 Å². The molecular formula is C66H127NO5. The van der Waals surface area contributed by atoms with Crippen molar-refractivity contribution in [3.05, 3.63) is 24.3 Å². The highest BCUT2D eigenvalue weighted by atomic mass is 16.5. The fourth-order valence-electron chi connectivity index (χ4n) is 10.3. The van der Waals surface area contributed by atoms with Gasteiger partial charge >= 0.3 is 5.97 Å². The summed E-state index contributed by atoms with van der Waals surface area (Å²) >= 11 is 0. The van der Waals surface area contributed by atoms with Crippen molar-refractivity contribution in [2.24, 2.45) is 0 Å². The lowest BCUT2D eigenvalue weighted by atomic mass is 10.0. The summed E-state index contributed by atoms with van der Waals surface area (Å²) in [5, 5.41) is 23.4. The highest BCUT2D eigenvalue weighted by molar-refractivity contribution is 5.76. The Labute approximate surface area is 450 Å². The van der Waals surface area contributed by atoms with Crippen LogP contribution in [0, 0.1) is 0 Å². The molecule has 0 saturated carbocycles. The molecule has 72 heavy (non-hydrogen) atoms. The van der Waals surface area contributed by atoms with E-state index in [4.69, 9.17) is 4.74 Å². The van der Waals surface area contributed by atoms with E-state index >= 15 is 0 Å². The number of aliphatic hydroxyl groups is 2. The summed E-state index contributed by atoms with van der Waals surface area (Å²) in [4.78, 5) is 24.5. The minimum atomic E-state index is -0.669. The molecule has 0 aromatic carbocycles. The van der Waals surface area contributed by atoms with Crippen molar-refractivity contribution in [1.82, 2.24) is 5.32 Å². The van der Waals surface area contributed by atoms with Crippen LogP contribution in [0.2, 0.25) is 0 Å². The van der Waals surface area contributed by atoms with Crippen molar-refractivity contribution < 1.29 is 24.5 Å². The second-order valence-corrected chi connectivity index (χ2v) is 22.5. The predicted octanol–water partition coefficient (Wildman–Crippen LogP) is 20.6. The second kappa shape index (κ2) is 61.9. The van der Waals surface area contributed by atoms with Crippen molar-refractivity contribution in [2.75, 3.05) is 13.2 Å². The molecule has 0 radical (unpaired) electrons. The third-order valence-electron chi connectivity index (χ3n) is 15.3. The first-order chi connectivity index (χ1) is 35.5. The molecule has 6 nitrogen and oxygen atoms in total. The van der Waals surface area contributed by atoms with Gasteiger partial charge in [-0.25, -0.2) is 0 Å². The van der Waals surface area contributed by atoms with Gasteiger partial charge in [0.25, 0.3) is 0 Å². The lowest BCUT2D eigenvalue weighted by molar-refractivity contribution is -0.143. The standard InChI is InChI=1S/C66H127NO5/c1-3-5-7-9-11-13-15-17-18-19-20-21-23-26-29-32-35-38-42-46-50-54-58-64(69)63(62-68)67-65(70)59-55-51-47-43-39-36-33-30-27-24-22-25-28-31-34-37-41-45-49-53-57-61-72-66(71)60-56-52-48-44-40-16-14-12-10-8-6-4-2/h37,41,49,53,63-64,68-69H,3-36,38-40,42-48,50-52,54-62H2,1-2H3,(H,67,70)/b41-37-,53-49-. The number of amides is 1. The van der Waals surface area contributed by atoms with E-state index in [1.54, 1.807) is 0 Å². The smallest absolute Gasteiger partial charge is 0.305 e. The summed E-state index contributed by atoms with van der Waals surface area (Å²) in [5.41, 5.74) is 0. The van der Waals surface area contributed by atoms with Crippen molar-refractivity contribution in [2.45, 2.75) is 373 Å². The number of esters is 1. The number of unbranched alkanes of at least 4 members (excludes halogenated alkanes) is 46. The Morgan fingerprint density at radius 2 is 0.694 bits per heavy atom. The fourth-order valence-corrected chi connectivity index (χ4v) is 10.3. The van der Waals surface area contributed by atoms with Gasteiger partial charge in [-0.2, -0.15) is 0 Å². The molecule has 0 aliphatic rings. The summed E-state index contributed by atoms with van der Waals surface area (Å²) in [6.45, 7) is 4.87. The summed E-state index contributed by atoms with van der Waals surface area (Å²) in [5.74, 6) is -0.0696. The minimum Gasteiger partial charge on any atom is -0.465 e. The summed E-state index contributed by atoms with van der Waals surface area (Å²) < 4.78 is 5.41. The van der Waals surface area contributed by atoms with Crippen LogP contribution in [0.1, 0.15) is 361 Å². The van der Waals surface area contributed by atoms with E-state index < -0.39 is 12.1 Å². The minimum absolute atomic E-state index is 0.0338. The quantitative estimate of drug-likeness (QED) is 0.0320. The zero-order chi connectivity index (χ0) is 52.2. The predicted molar refractivity (Wildman–Crippen MR) is 315 cm³/mol. The van der Waals surface area contributed by atoms with Gasteiger partial charge in [-0.15, -0.1) is 0 Å². The van der Waals surface area contributed by atoms with Crippen LogP contribution in [0.4, 0.5) is 0 Å². The molecular weight excluding hydrogens is 887 g/mol. The van der Waals surface area contributed by atoms with E-state index in [1.165, 1.54) is 276 Å². The van der Waals surface area contributed by atoms with E-state index in [9.17, 15) is 19.8 Å². The number of hydrogen-bond donors (Lipinski definition) is 3. The van der Waals surface area contributed by atoms with Gasteiger partial charge in [0.15, 0.2) is 0 Å². The first kappa shape index (κ1) is 70.3.